The van der Waals surface area contributed by atoms with Gasteiger partial charge in [0.05, 0.1) is 23.9 Å². The molecule has 1 N–H and O–H groups in total. The first-order valence-electron chi connectivity index (χ1n) is 15.3. The first-order valence-corrected chi connectivity index (χ1v) is 16.1. The van der Waals surface area contributed by atoms with Gasteiger partial charge in [0.1, 0.15) is 35.3 Å². The second-order valence-corrected chi connectivity index (χ2v) is 12.0. The number of aliphatic hydroxyl groups excluding tert-OH is 1. The van der Waals surface area contributed by atoms with E-state index in [2.05, 4.69) is 18.5 Å². The molecule has 47 heavy (non-hydrogen) atoms. The maximum atomic E-state index is 13.7. The molecule has 2 heterocycles. The first kappa shape index (κ1) is 33.2. The highest BCUT2D eigenvalue weighted by Gasteiger charge is 2.48. The van der Waals surface area contributed by atoms with E-state index in [-0.39, 0.29) is 27.9 Å². The minimum Gasteiger partial charge on any atom is -0.507 e. The Hall–Kier alpha value is -5.22. The molecular weight excluding hydrogens is 616 g/mol. The number of amides is 1. The minimum absolute atomic E-state index is 0.0124. The molecule has 3 aromatic carbocycles. The maximum absolute atomic E-state index is 13.7. The van der Waals surface area contributed by atoms with Gasteiger partial charge in [-0.15, -0.1) is 0 Å². The van der Waals surface area contributed by atoms with Gasteiger partial charge in [0, 0.05) is 5.56 Å². The summed E-state index contributed by atoms with van der Waals surface area (Å²) in [6, 6.07) is 20.7. The number of Topliss-reactive ketones (excluding diaryl/α,β-unsaturated/α-hetero) is 1. The zero-order chi connectivity index (χ0) is 33.5. The normalized spacial score (nSPS) is 15.5. The van der Waals surface area contributed by atoms with Crippen LogP contribution in [0.25, 0.3) is 5.76 Å². The fraction of sp³-hybridized carbons (Fsp3) is 0.243. The third-order valence-corrected chi connectivity index (χ3v) is 8.67. The molecule has 1 amide bonds. The van der Waals surface area contributed by atoms with Crippen LogP contribution in [0.3, 0.4) is 0 Å². The molecule has 0 bridgehead atoms. The lowest BCUT2D eigenvalue weighted by Gasteiger charge is -2.23. The Morgan fingerprint density at radius 1 is 1.02 bits per heavy atom. The van der Waals surface area contributed by atoms with Gasteiger partial charge in [0.2, 0.25) is 0 Å². The molecule has 1 fully saturated rings. The Balaban J connectivity index is 1.51. The van der Waals surface area contributed by atoms with Crippen LogP contribution in [-0.2, 0) is 20.9 Å². The number of rotatable bonds is 13. The number of hydrogen-bond donors (Lipinski definition) is 1. The maximum Gasteiger partial charge on any atom is 0.350 e. The Morgan fingerprint density at radius 3 is 2.40 bits per heavy atom. The van der Waals surface area contributed by atoms with Crippen molar-refractivity contribution in [3.05, 3.63) is 124 Å². The van der Waals surface area contributed by atoms with Crippen LogP contribution in [0, 0.1) is 13.8 Å². The van der Waals surface area contributed by atoms with Crippen molar-refractivity contribution in [2.24, 2.45) is 0 Å². The Bertz CT molecular complexity index is 1810. The van der Waals surface area contributed by atoms with E-state index in [1.54, 1.807) is 55.5 Å². The highest BCUT2D eigenvalue weighted by molar-refractivity contribution is 7.17. The van der Waals surface area contributed by atoms with Crippen molar-refractivity contribution < 1.29 is 33.7 Å². The number of carbonyl (C=O) groups is 3. The van der Waals surface area contributed by atoms with E-state index < -0.39 is 23.7 Å². The number of nitrogens with zero attached hydrogens (tertiary/aromatic N) is 2. The zero-order valence-electron chi connectivity index (χ0n) is 26.5. The molecule has 242 valence electrons. The summed E-state index contributed by atoms with van der Waals surface area (Å²) in [6.07, 6.45) is 3.34. The number of aliphatic hydroxyl groups is 1. The lowest BCUT2D eigenvalue weighted by molar-refractivity contribution is -0.132. The molecule has 9 nitrogen and oxygen atoms in total. The van der Waals surface area contributed by atoms with E-state index in [9.17, 15) is 19.5 Å². The molecule has 1 aliphatic heterocycles. The van der Waals surface area contributed by atoms with Gasteiger partial charge < -0.3 is 19.3 Å². The highest BCUT2D eigenvalue weighted by Crippen LogP contribution is 2.44. The fourth-order valence-corrected chi connectivity index (χ4v) is 6.12. The molecule has 1 saturated heterocycles. The highest BCUT2D eigenvalue weighted by atomic mass is 32.1. The summed E-state index contributed by atoms with van der Waals surface area (Å²) in [5, 5.41) is 11.7. The number of aryl methyl sites for hydroxylation is 2. The second kappa shape index (κ2) is 14.9. The van der Waals surface area contributed by atoms with Crippen LogP contribution in [0.1, 0.15) is 63.4 Å². The number of aromatic nitrogens is 1. The standard InChI is InChI=1S/C37H36N2O7S/c1-5-7-20-44-28-15-11-26(12-16-28)31-30(32(40)27-13-17-29(18-14-27)46-22-25-10-8-9-23(3)21-25)33(41)35(42)39(31)37-38-24(4)34(47-37)36(43)45-19-6-2/h6,8-18,21,31,40H,2,5,7,19-20,22H2,1,3-4H3. The number of esters is 1. The molecule has 0 saturated carbocycles. The summed E-state index contributed by atoms with van der Waals surface area (Å²) in [5.41, 5.74) is 3.28. The Kier molecular flexibility index (Phi) is 10.5. The number of benzene rings is 3. The molecule has 0 radical (unpaired) electrons. The van der Waals surface area contributed by atoms with E-state index in [1.807, 2.05) is 31.2 Å². The lowest BCUT2D eigenvalue weighted by atomic mass is 9.95. The van der Waals surface area contributed by atoms with E-state index >= 15 is 0 Å². The third kappa shape index (κ3) is 7.44. The smallest absolute Gasteiger partial charge is 0.350 e. The topological polar surface area (TPSA) is 115 Å². The molecule has 1 unspecified atom stereocenters. The zero-order valence-corrected chi connectivity index (χ0v) is 27.3. The molecular formula is C37H36N2O7S. The average Bonchev–Trinajstić information content (AvgIpc) is 3.58. The van der Waals surface area contributed by atoms with Crippen molar-refractivity contribution in [2.75, 3.05) is 18.1 Å². The summed E-state index contributed by atoms with van der Waals surface area (Å²) in [7, 11) is 0. The van der Waals surface area contributed by atoms with Gasteiger partial charge in [-0.3, -0.25) is 14.5 Å². The number of hydrogen-bond acceptors (Lipinski definition) is 9. The molecule has 10 heteroatoms. The third-order valence-electron chi connectivity index (χ3n) is 7.53. The van der Waals surface area contributed by atoms with Crippen LogP contribution in [0.2, 0.25) is 0 Å². The molecule has 0 spiro atoms. The predicted octanol–water partition coefficient (Wildman–Crippen LogP) is 7.49. The van der Waals surface area contributed by atoms with E-state index in [4.69, 9.17) is 14.2 Å². The van der Waals surface area contributed by atoms with Crippen molar-refractivity contribution >= 4 is 39.9 Å². The molecule has 1 aromatic heterocycles. The SMILES string of the molecule is C=CCOC(=O)c1sc(N2C(=O)C(=O)C(=C(O)c3ccc(OCc4cccc(C)c4)cc3)C2c2ccc(OCCCC)cc2)nc1C. The largest absolute Gasteiger partial charge is 0.507 e. The summed E-state index contributed by atoms with van der Waals surface area (Å²) < 4.78 is 16.9. The lowest BCUT2D eigenvalue weighted by Crippen LogP contribution is -2.29. The van der Waals surface area contributed by atoms with Gasteiger partial charge in [0.15, 0.2) is 5.13 Å². The summed E-state index contributed by atoms with van der Waals surface area (Å²) in [6.45, 7) is 10.2. The molecule has 0 aliphatic carbocycles. The number of carbonyl (C=O) groups excluding carboxylic acids is 3. The molecule has 4 aromatic rings. The number of ether oxygens (including phenoxy) is 3. The van der Waals surface area contributed by atoms with Crippen LogP contribution in [0.15, 0.2) is 91.0 Å². The van der Waals surface area contributed by atoms with Gasteiger partial charge in [-0.05, 0) is 67.8 Å². The van der Waals surface area contributed by atoms with Gasteiger partial charge in [0.25, 0.3) is 5.78 Å². The number of anilines is 1. The molecule has 1 atom stereocenters. The van der Waals surface area contributed by atoms with Crippen molar-refractivity contribution in [1.29, 1.82) is 0 Å². The van der Waals surface area contributed by atoms with Crippen molar-refractivity contribution in [1.82, 2.24) is 4.98 Å². The van der Waals surface area contributed by atoms with E-state index in [0.717, 1.165) is 35.3 Å². The van der Waals surface area contributed by atoms with Crippen molar-refractivity contribution in [3.63, 3.8) is 0 Å². The van der Waals surface area contributed by atoms with Gasteiger partial charge >= 0.3 is 11.9 Å². The predicted molar refractivity (Wildman–Crippen MR) is 181 cm³/mol. The van der Waals surface area contributed by atoms with Crippen LogP contribution in [-0.4, -0.2) is 41.0 Å². The fourth-order valence-electron chi connectivity index (χ4n) is 5.13. The van der Waals surface area contributed by atoms with Crippen LogP contribution in [0.4, 0.5) is 5.13 Å². The quantitative estimate of drug-likeness (QED) is 0.0395. The number of thiazole rings is 1. The molecule has 5 rings (SSSR count). The van der Waals surface area contributed by atoms with Crippen molar-refractivity contribution in [2.45, 2.75) is 46.3 Å². The van der Waals surface area contributed by atoms with Gasteiger partial charge in [-0.2, -0.15) is 0 Å². The van der Waals surface area contributed by atoms with E-state index in [1.165, 1.54) is 11.0 Å². The molecule has 1 aliphatic rings. The summed E-state index contributed by atoms with van der Waals surface area (Å²) in [4.78, 5) is 45.9. The minimum atomic E-state index is -1.03. The van der Waals surface area contributed by atoms with Gasteiger partial charge in [-0.1, -0.05) is 79.3 Å². The van der Waals surface area contributed by atoms with Crippen LogP contribution < -0.4 is 14.4 Å². The number of ketones is 1. The van der Waals surface area contributed by atoms with Crippen LogP contribution in [0.5, 0.6) is 11.5 Å². The monoisotopic (exact) mass is 652 g/mol. The van der Waals surface area contributed by atoms with E-state index in [0.29, 0.717) is 41.5 Å². The second-order valence-electron chi connectivity index (χ2n) is 11.0. The summed E-state index contributed by atoms with van der Waals surface area (Å²) in [5.74, 6) is -1.50. The summed E-state index contributed by atoms with van der Waals surface area (Å²) >= 11 is 0.940. The Morgan fingerprint density at radius 2 is 1.72 bits per heavy atom. The first-order chi connectivity index (χ1) is 22.7. The number of unbranched alkanes of at least 4 members (excludes halogenated alkanes) is 1. The van der Waals surface area contributed by atoms with Crippen LogP contribution >= 0.6 is 11.3 Å². The van der Waals surface area contributed by atoms with Gasteiger partial charge in [-0.25, -0.2) is 9.78 Å². The average molecular weight is 653 g/mol. The van der Waals surface area contributed by atoms with Crippen molar-refractivity contribution in [3.8, 4) is 11.5 Å². The Labute approximate surface area is 277 Å².